The van der Waals surface area contributed by atoms with Gasteiger partial charge in [-0.3, -0.25) is 4.79 Å². The number of H-pyrrole nitrogens is 1. The van der Waals surface area contributed by atoms with E-state index in [4.69, 9.17) is 0 Å². The molecule has 1 saturated carbocycles. The average Bonchev–Trinajstić information content (AvgIpc) is 3.25. The van der Waals surface area contributed by atoms with Gasteiger partial charge < -0.3 is 14.9 Å². The number of aromatic nitrogens is 2. The highest BCUT2D eigenvalue weighted by atomic mass is 16.1. The highest BCUT2D eigenvalue weighted by Crippen LogP contribution is 2.38. The van der Waals surface area contributed by atoms with E-state index in [1.807, 2.05) is 24.4 Å². The fourth-order valence-electron chi connectivity index (χ4n) is 3.65. The first-order valence-corrected chi connectivity index (χ1v) is 8.67. The van der Waals surface area contributed by atoms with Crippen LogP contribution in [0.25, 0.3) is 10.9 Å². The monoisotopic (exact) mass is 321 g/mol. The molecule has 1 aromatic carbocycles. The van der Waals surface area contributed by atoms with E-state index in [-0.39, 0.29) is 5.91 Å². The largest absolute Gasteiger partial charge is 0.361 e. The molecule has 0 saturated heterocycles. The van der Waals surface area contributed by atoms with Crippen LogP contribution in [0, 0.1) is 13.8 Å². The first kappa shape index (κ1) is 15.1. The van der Waals surface area contributed by atoms with Crippen LogP contribution in [0.15, 0.2) is 36.5 Å². The van der Waals surface area contributed by atoms with E-state index in [1.54, 1.807) is 0 Å². The van der Waals surface area contributed by atoms with E-state index in [2.05, 4.69) is 40.8 Å². The lowest BCUT2D eigenvalue weighted by molar-refractivity contribution is 0.0953. The van der Waals surface area contributed by atoms with Crippen LogP contribution in [0.3, 0.4) is 0 Å². The second kappa shape index (κ2) is 5.86. The number of rotatable bonds is 5. The third-order valence-electron chi connectivity index (χ3n) is 5.00. The van der Waals surface area contributed by atoms with Crippen LogP contribution in [0.5, 0.6) is 0 Å². The summed E-state index contributed by atoms with van der Waals surface area (Å²) in [5, 5.41) is 4.31. The van der Waals surface area contributed by atoms with Crippen molar-refractivity contribution >= 4 is 16.8 Å². The van der Waals surface area contributed by atoms with Crippen LogP contribution in [-0.4, -0.2) is 22.0 Å². The quantitative estimate of drug-likeness (QED) is 0.736. The second-order valence-corrected chi connectivity index (χ2v) is 6.75. The van der Waals surface area contributed by atoms with Gasteiger partial charge in [0.05, 0.1) is 5.56 Å². The number of carbonyl (C=O) groups excluding carboxylic acids is 1. The van der Waals surface area contributed by atoms with E-state index in [1.165, 1.54) is 29.5 Å². The topological polar surface area (TPSA) is 49.8 Å². The zero-order chi connectivity index (χ0) is 16.7. The van der Waals surface area contributed by atoms with Gasteiger partial charge in [0, 0.05) is 41.1 Å². The Morgan fingerprint density at radius 3 is 2.88 bits per heavy atom. The number of amides is 1. The summed E-state index contributed by atoms with van der Waals surface area (Å²) in [7, 11) is 0. The predicted molar refractivity (Wildman–Crippen MR) is 96.5 cm³/mol. The van der Waals surface area contributed by atoms with Crippen molar-refractivity contribution in [2.45, 2.75) is 39.2 Å². The molecule has 0 radical (unpaired) electrons. The van der Waals surface area contributed by atoms with Crippen LogP contribution < -0.4 is 5.32 Å². The number of hydrogen-bond donors (Lipinski definition) is 2. The molecule has 4 nitrogen and oxygen atoms in total. The zero-order valence-corrected chi connectivity index (χ0v) is 14.2. The molecule has 0 atom stereocenters. The lowest BCUT2D eigenvalue weighted by atomic mass is 10.1. The minimum absolute atomic E-state index is 0.0369. The van der Waals surface area contributed by atoms with E-state index in [9.17, 15) is 4.79 Å². The molecule has 0 spiro atoms. The van der Waals surface area contributed by atoms with Crippen molar-refractivity contribution in [1.29, 1.82) is 0 Å². The van der Waals surface area contributed by atoms with Gasteiger partial charge in [0.1, 0.15) is 0 Å². The maximum atomic E-state index is 12.5. The molecule has 2 heterocycles. The van der Waals surface area contributed by atoms with Gasteiger partial charge in [-0.1, -0.05) is 18.2 Å². The summed E-state index contributed by atoms with van der Waals surface area (Å²) in [5.74, 6) is 0.0369. The minimum atomic E-state index is 0.0369. The van der Waals surface area contributed by atoms with Gasteiger partial charge in [0.25, 0.3) is 5.91 Å². The Bertz CT molecular complexity index is 899. The summed E-state index contributed by atoms with van der Waals surface area (Å²) in [5.41, 5.74) is 5.50. The fourth-order valence-corrected chi connectivity index (χ4v) is 3.65. The predicted octanol–water partition coefficient (Wildman–Crippen LogP) is 3.89. The second-order valence-electron chi connectivity index (χ2n) is 6.75. The van der Waals surface area contributed by atoms with Crippen molar-refractivity contribution in [2.75, 3.05) is 6.54 Å². The van der Waals surface area contributed by atoms with Gasteiger partial charge in [0.15, 0.2) is 0 Å². The Morgan fingerprint density at radius 2 is 2.08 bits per heavy atom. The first-order valence-electron chi connectivity index (χ1n) is 8.67. The Balaban J connectivity index is 1.43. The molecule has 4 heteroatoms. The number of hydrogen-bond acceptors (Lipinski definition) is 1. The third-order valence-corrected chi connectivity index (χ3v) is 5.00. The van der Waals surface area contributed by atoms with Crippen molar-refractivity contribution in [3.63, 3.8) is 0 Å². The molecule has 1 aliphatic rings. The van der Waals surface area contributed by atoms with E-state index in [0.717, 1.165) is 23.2 Å². The standard InChI is InChI=1S/C20H23N3O/c1-13-11-18(14(2)23(13)16-7-8-16)20(24)21-10-9-15-12-22-19-6-4-3-5-17(15)19/h3-6,11-12,16,22H,7-10H2,1-2H3,(H,21,24). The van der Waals surface area contributed by atoms with Gasteiger partial charge in [0.2, 0.25) is 0 Å². The highest BCUT2D eigenvalue weighted by molar-refractivity contribution is 5.95. The van der Waals surface area contributed by atoms with Crippen molar-refractivity contribution in [1.82, 2.24) is 14.9 Å². The van der Waals surface area contributed by atoms with Gasteiger partial charge >= 0.3 is 0 Å². The van der Waals surface area contributed by atoms with Gasteiger partial charge in [-0.15, -0.1) is 0 Å². The van der Waals surface area contributed by atoms with Crippen molar-refractivity contribution in [3.8, 4) is 0 Å². The minimum Gasteiger partial charge on any atom is -0.361 e. The van der Waals surface area contributed by atoms with Gasteiger partial charge in [-0.25, -0.2) is 0 Å². The van der Waals surface area contributed by atoms with Crippen LogP contribution >= 0.6 is 0 Å². The molecule has 0 aliphatic heterocycles. The smallest absolute Gasteiger partial charge is 0.253 e. The summed E-state index contributed by atoms with van der Waals surface area (Å²) < 4.78 is 2.31. The molecule has 2 aromatic heterocycles. The lowest BCUT2D eigenvalue weighted by Crippen LogP contribution is -2.26. The summed E-state index contributed by atoms with van der Waals surface area (Å²) in [6.45, 7) is 4.79. The molecule has 3 aromatic rings. The Morgan fingerprint density at radius 1 is 1.29 bits per heavy atom. The normalized spacial score (nSPS) is 14.2. The van der Waals surface area contributed by atoms with E-state index >= 15 is 0 Å². The van der Waals surface area contributed by atoms with Crippen molar-refractivity contribution in [3.05, 3.63) is 59.0 Å². The molecule has 1 fully saturated rings. The first-order chi connectivity index (χ1) is 11.6. The highest BCUT2D eigenvalue weighted by Gasteiger charge is 2.28. The zero-order valence-electron chi connectivity index (χ0n) is 14.2. The van der Waals surface area contributed by atoms with Crippen molar-refractivity contribution < 1.29 is 4.79 Å². The molecule has 0 bridgehead atoms. The number of fused-ring (bicyclic) bond motifs is 1. The fraction of sp³-hybridized carbons (Fsp3) is 0.350. The van der Waals surface area contributed by atoms with Gasteiger partial charge in [-0.05, 0) is 50.8 Å². The van der Waals surface area contributed by atoms with Gasteiger partial charge in [-0.2, -0.15) is 0 Å². The summed E-state index contributed by atoms with van der Waals surface area (Å²) >= 11 is 0. The summed E-state index contributed by atoms with van der Waals surface area (Å²) in [6, 6.07) is 10.9. The molecule has 4 rings (SSSR count). The van der Waals surface area contributed by atoms with E-state index < -0.39 is 0 Å². The third kappa shape index (κ3) is 2.62. The number of carbonyl (C=O) groups is 1. The number of nitrogens with zero attached hydrogens (tertiary/aromatic N) is 1. The molecule has 0 unspecified atom stereocenters. The van der Waals surface area contributed by atoms with Crippen molar-refractivity contribution in [2.24, 2.45) is 0 Å². The molecular weight excluding hydrogens is 298 g/mol. The molecule has 124 valence electrons. The molecular formula is C20H23N3O. The maximum Gasteiger partial charge on any atom is 0.253 e. The maximum absolute atomic E-state index is 12.5. The average molecular weight is 321 g/mol. The Kier molecular flexibility index (Phi) is 3.68. The number of aryl methyl sites for hydroxylation is 1. The van der Waals surface area contributed by atoms with E-state index in [0.29, 0.717) is 12.6 Å². The van der Waals surface area contributed by atoms with Crippen LogP contribution in [0.2, 0.25) is 0 Å². The summed E-state index contributed by atoms with van der Waals surface area (Å²) in [4.78, 5) is 15.8. The summed E-state index contributed by atoms with van der Waals surface area (Å²) in [6.07, 6.45) is 5.34. The Labute approximate surface area is 141 Å². The lowest BCUT2D eigenvalue weighted by Gasteiger charge is -2.08. The van der Waals surface area contributed by atoms with Crippen LogP contribution in [-0.2, 0) is 6.42 Å². The molecule has 1 aliphatic carbocycles. The Hall–Kier alpha value is -2.49. The molecule has 24 heavy (non-hydrogen) atoms. The van der Waals surface area contributed by atoms with Crippen LogP contribution in [0.4, 0.5) is 0 Å². The van der Waals surface area contributed by atoms with Crippen LogP contribution in [0.1, 0.15) is 46.2 Å². The molecule has 1 amide bonds. The number of benzene rings is 1. The number of nitrogens with one attached hydrogen (secondary N) is 2. The molecule has 2 N–H and O–H groups in total. The SMILES string of the molecule is Cc1cc(C(=O)NCCc2c[nH]c3ccccc23)c(C)n1C1CC1. The number of aromatic amines is 1. The number of para-hydroxylation sites is 1.